The van der Waals surface area contributed by atoms with E-state index < -0.39 is 5.41 Å². The van der Waals surface area contributed by atoms with Crippen LogP contribution < -0.4 is 4.90 Å². The van der Waals surface area contributed by atoms with Crippen LogP contribution in [0.15, 0.2) is 18.2 Å². The lowest BCUT2D eigenvalue weighted by molar-refractivity contribution is -0.144. The van der Waals surface area contributed by atoms with Gasteiger partial charge in [-0.3, -0.25) is 9.59 Å². The van der Waals surface area contributed by atoms with Crippen LogP contribution in [0.25, 0.3) is 0 Å². The minimum Gasteiger partial charge on any atom is -0.465 e. The van der Waals surface area contributed by atoms with Gasteiger partial charge in [0.05, 0.1) is 6.61 Å². The Morgan fingerprint density at radius 2 is 2.17 bits per heavy atom. The first-order valence-corrected chi connectivity index (χ1v) is 6.16. The molecular weight excluding hydrogens is 254 g/mol. The van der Waals surface area contributed by atoms with Crippen molar-refractivity contribution in [3.8, 4) is 0 Å². The molecule has 5 heteroatoms. The van der Waals surface area contributed by atoms with E-state index in [0.717, 1.165) is 11.3 Å². The average molecular weight is 266 g/mol. The van der Waals surface area contributed by atoms with Crippen LogP contribution in [0.3, 0.4) is 0 Å². The number of nitrogens with zero attached hydrogens (tertiary/aromatic N) is 1. The summed E-state index contributed by atoms with van der Waals surface area (Å²) < 4.78 is 5.07. The first-order valence-electron chi connectivity index (χ1n) is 5.78. The maximum atomic E-state index is 12.0. The summed E-state index contributed by atoms with van der Waals surface area (Å²) in [5.41, 5.74) is 0.721. The van der Waals surface area contributed by atoms with E-state index in [-0.39, 0.29) is 18.3 Å². The van der Waals surface area contributed by atoms with Crippen molar-refractivity contribution in [2.45, 2.75) is 18.3 Å². The van der Waals surface area contributed by atoms with E-state index >= 15 is 0 Å². The van der Waals surface area contributed by atoms with Crippen molar-refractivity contribution in [3.05, 3.63) is 28.8 Å². The van der Waals surface area contributed by atoms with Gasteiger partial charge in [-0.2, -0.15) is 0 Å². The maximum absolute atomic E-state index is 12.0. The number of benzene rings is 1. The summed E-state index contributed by atoms with van der Waals surface area (Å²) in [5.74, 6) is -0.379. The lowest BCUT2D eigenvalue weighted by atomic mass is 9.73. The molecule has 2 heterocycles. The Hall–Kier alpha value is -1.55. The standard InChI is InChI=1S/C13H12ClNO3/c1-15-10-3-2-8(14)6-9(10)13(7-11(15)16)4-5-18-12(13)17/h2-3,6H,4-5,7H2,1H3/t13-/m1/s1. The topological polar surface area (TPSA) is 46.6 Å². The second kappa shape index (κ2) is 3.72. The number of hydrogen-bond donors (Lipinski definition) is 0. The van der Waals surface area contributed by atoms with Gasteiger partial charge in [-0.25, -0.2) is 0 Å². The molecule has 18 heavy (non-hydrogen) atoms. The molecule has 94 valence electrons. The molecule has 0 aliphatic carbocycles. The molecular formula is C13H12ClNO3. The number of rotatable bonds is 0. The fraction of sp³-hybridized carbons (Fsp3) is 0.385. The van der Waals surface area contributed by atoms with Gasteiger partial charge in [-0.05, 0) is 23.8 Å². The van der Waals surface area contributed by atoms with Gasteiger partial charge in [0.15, 0.2) is 0 Å². The molecule has 0 saturated carbocycles. The summed E-state index contributed by atoms with van der Waals surface area (Å²) in [6.07, 6.45) is 0.703. The number of hydrogen-bond acceptors (Lipinski definition) is 3. The third kappa shape index (κ3) is 1.38. The molecule has 2 aliphatic rings. The van der Waals surface area contributed by atoms with E-state index in [1.807, 2.05) is 0 Å². The van der Waals surface area contributed by atoms with Crippen LogP contribution in [0.5, 0.6) is 0 Å². The van der Waals surface area contributed by atoms with Gasteiger partial charge >= 0.3 is 5.97 Å². The highest BCUT2D eigenvalue weighted by Gasteiger charge is 2.52. The van der Waals surface area contributed by atoms with Crippen LogP contribution in [-0.2, 0) is 19.7 Å². The van der Waals surface area contributed by atoms with Crippen molar-refractivity contribution >= 4 is 29.2 Å². The zero-order chi connectivity index (χ0) is 12.9. The predicted molar refractivity (Wildman–Crippen MR) is 66.7 cm³/mol. The van der Waals surface area contributed by atoms with E-state index in [1.165, 1.54) is 0 Å². The van der Waals surface area contributed by atoms with Gasteiger partial charge in [-0.15, -0.1) is 0 Å². The number of carbonyl (C=O) groups is 2. The van der Waals surface area contributed by atoms with Crippen molar-refractivity contribution in [1.29, 1.82) is 0 Å². The minimum atomic E-state index is -0.830. The fourth-order valence-electron chi connectivity index (χ4n) is 2.75. The molecule has 0 N–H and O–H groups in total. The predicted octanol–water partition coefficient (Wildman–Crippen LogP) is 1.89. The van der Waals surface area contributed by atoms with Crippen LogP contribution >= 0.6 is 11.6 Å². The van der Waals surface area contributed by atoms with Gasteiger partial charge in [0.1, 0.15) is 5.41 Å². The summed E-state index contributed by atoms with van der Waals surface area (Å²) in [6, 6.07) is 5.28. The SMILES string of the molecule is CN1C(=O)C[C@]2(CCOC2=O)c2cc(Cl)ccc21. The van der Waals surface area contributed by atoms with Crippen molar-refractivity contribution in [2.75, 3.05) is 18.6 Å². The van der Waals surface area contributed by atoms with Crippen molar-refractivity contribution in [3.63, 3.8) is 0 Å². The number of ether oxygens (including phenoxy) is 1. The lowest BCUT2D eigenvalue weighted by Crippen LogP contribution is -2.45. The highest BCUT2D eigenvalue weighted by atomic mass is 35.5. The second-order valence-electron chi connectivity index (χ2n) is 4.76. The van der Waals surface area contributed by atoms with E-state index in [9.17, 15) is 9.59 Å². The molecule has 1 spiro atoms. The Morgan fingerprint density at radius 3 is 2.83 bits per heavy atom. The van der Waals surface area contributed by atoms with Crippen LogP contribution in [-0.4, -0.2) is 25.5 Å². The first kappa shape index (κ1) is 11.5. The van der Waals surface area contributed by atoms with Gasteiger partial charge in [0, 0.05) is 30.6 Å². The number of amides is 1. The lowest BCUT2D eigenvalue weighted by Gasteiger charge is -2.36. The van der Waals surface area contributed by atoms with Crippen molar-refractivity contribution < 1.29 is 14.3 Å². The zero-order valence-electron chi connectivity index (χ0n) is 9.90. The Balaban J connectivity index is 2.25. The highest BCUT2D eigenvalue weighted by Crippen LogP contribution is 2.46. The molecule has 4 nitrogen and oxygen atoms in total. The summed E-state index contributed by atoms with van der Waals surface area (Å²) in [7, 11) is 1.71. The number of esters is 1. The Kier molecular flexibility index (Phi) is 2.38. The normalized spacial score (nSPS) is 26.4. The molecule has 0 bridgehead atoms. The average Bonchev–Trinajstić information content (AvgIpc) is 2.69. The van der Waals surface area contributed by atoms with Gasteiger partial charge in [-0.1, -0.05) is 11.6 Å². The summed E-state index contributed by atoms with van der Waals surface area (Å²) in [4.78, 5) is 25.6. The number of cyclic esters (lactones) is 1. The third-order valence-electron chi connectivity index (χ3n) is 3.82. The third-order valence-corrected chi connectivity index (χ3v) is 4.05. The summed E-state index contributed by atoms with van der Waals surface area (Å²) in [6.45, 7) is 0.363. The zero-order valence-corrected chi connectivity index (χ0v) is 10.7. The van der Waals surface area contributed by atoms with E-state index in [2.05, 4.69) is 0 Å². The minimum absolute atomic E-state index is 0.0660. The quantitative estimate of drug-likeness (QED) is 0.673. The summed E-state index contributed by atoms with van der Waals surface area (Å²) >= 11 is 6.01. The van der Waals surface area contributed by atoms with E-state index in [0.29, 0.717) is 18.1 Å². The second-order valence-corrected chi connectivity index (χ2v) is 5.20. The summed E-state index contributed by atoms with van der Waals surface area (Å²) in [5, 5.41) is 0.565. The Morgan fingerprint density at radius 1 is 1.39 bits per heavy atom. The molecule has 0 unspecified atom stereocenters. The van der Waals surface area contributed by atoms with Gasteiger partial charge in [0.2, 0.25) is 5.91 Å². The molecule has 1 fully saturated rings. The molecule has 2 aliphatic heterocycles. The molecule has 1 aromatic rings. The Labute approximate surface area is 109 Å². The van der Waals surface area contributed by atoms with Crippen LogP contribution in [0, 0.1) is 0 Å². The molecule has 0 aromatic heterocycles. The molecule has 1 amide bonds. The molecule has 1 saturated heterocycles. The number of carbonyl (C=O) groups excluding carboxylic acids is 2. The van der Waals surface area contributed by atoms with Crippen LogP contribution in [0.1, 0.15) is 18.4 Å². The number of halogens is 1. The maximum Gasteiger partial charge on any atom is 0.317 e. The monoisotopic (exact) mass is 265 g/mol. The first-order chi connectivity index (χ1) is 8.54. The number of anilines is 1. The smallest absolute Gasteiger partial charge is 0.317 e. The van der Waals surface area contributed by atoms with E-state index in [1.54, 1.807) is 30.1 Å². The number of fused-ring (bicyclic) bond motifs is 2. The molecule has 0 radical (unpaired) electrons. The Bertz CT molecular complexity index is 557. The highest BCUT2D eigenvalue weighted by molar-refractivity contribution is 6.31. The van der Waals surface area contributed by atoms with Crippen LogP contribution in [0.4, 0.5) is 5.69 Å². The van der Waals surface area contributed by atoms with Gasteiger partial charge < -0.3 is 9.64 Å². The fourth-order valence-corrected chi connectivity index (χ4v) is 2.93. The van der Waals surface area contributed by atoms with Gasteiger partial charge in [0.25, 0.3) is 0 Å². The molecule has 3 rings (SSSR count). The van der Waals surface area contributed by atoms with Crippen LogP contribution in [0.2, 0.25) is 5.02 Å². The van der Waals surface area contributed by atoms with Crippen molar-refractivity contribution in [2.24, 2.45) is 0 Å². The molecule has 1 aromatic carbocycles. The van der Waals surface area contributed by atoms with E-state index in [4.69, 9.17) is 16.3 Å². The molecule has 1 atom stereocenters. The largest absolute Gasteiger partial charge is 0.465 e. The van der Waals surface area contributed by atoms with Crippen molar-refractivity contribution in [1.82, 2.24) is 0 Å².